The second-order valence-electron chi connectivity index (χ2n) is 10.5. The van der Waals surface area contributed by atoms with E-state index in [9.17, 15) is 18.0 Å². The molecule has 0 aliphatic heterocycles. The molecule has 43 heavy (non-hydrogen) atoms. The summed E-state index contributed by atoms with van der Waals surface area (Å²) >= 11 is 12.9. The summed E-state index contributed by atoms with van der Waals surface area (Å²) in [6, 6.07) is 18.6. The van der Waals surface area contributed by atoms with Crippen LogP contribution in [0.15, 0.2) is 77.7 Å². The van der Waals surface area contributed by atoms with Crippen molar-refractivity contribution in [2.24, 2.45) is 0 Å². The molecule has 230 valence electrons. The van der Waals surface area contributed by atoms with Crippen LogP contribution in [0.2, 0.25) is 10.0 Å². The molecule has 0 aromatic heterocycles. The number of carbonyl (C=O) groups is 2. The van der Waals surface area contributed by atoms with Gasteiger partial charge in [-0.25, -0.2) is 8.42 Å². The largest absolute Gasteiger partial charge is 0.494 e. The number of para-hydroxylation sites is 1. The van der Waals surface area contributed by atoms with Crippen molar-refractivity contribution >= 4 is 50.7 Å². The number of ether oxygens (including phenoxy) is 1. The first-order chi connectivity index (χ1) is 20.6. The van der Waals surface area contributed by atoms with Gasteiger partial charge in [0.2, 0.25) is 11.8 Å². The van der Waals surface area contributed by atoms with Crippen LogP contribution in [0.3, 0.4) is 0 Å². The van der Waals surface area contributed by atoms with Crippen LogP contribution in [-0.2, 0) is 26.2 Å². The SMILES string of the molecule is CCOc1ccc(S(=O)(=O)N(CC(=O)N(Cc2c(Cl)cccc2Cl)[C@@H](C)C(=O)NC2CCCCC2)c2ccccc2)cc1. The third kappa shape index (κ3) is 8.22. The van der Waals surface area contributed by atoms with Gasteiger partial charge >= 0.3 is 0 Å². The Kier molecular flexibility index (Phi) is 11.3. The van der Waals surface area contributed by atoms with Crippen LogP contribution in [0.1, 0.15) is 51.5 Å². The van der Waals surface area contributed by atoms with Gasteiger partial charge in [-0.15, -0.1) is 0 Å². The van der Waals surface area contributed by atoms with E-state index in [1.165, 1.54) is 17.0 Å². The standard InChI is InChI=1S/C32H37Cl2N3O5S/c1-3-42-26-17-19-27(20-18-26)43(40,41)37(25-13-8-5-9-14-25)22-31(38)36(21-28-29(33)15-10-16-30(28)34)23(2)32(39)35-24-11-6-4-7-12-24/h5,8-10,13-20,23-24H,3-4,6-7,11-12,21-22H2,1-2H3,(H,35,39)/t23-/m0/s1. The lowest BCUT2D eigenvalue weighted by Gasteiger charge is -2.33. The summed E-state index contributed by atoms with van der Waals surface area (Å²) in [5.41, 5.74) is 0.775. The number of nitrogens with one attached hydrogen (secondary N) is 1. The molecule has 0 unspecified atom stereocenters. The number of hydrogen-bond acceptors (Lipinski definition) is 5. The lowest BCUT2D eigenvalue weighted by molar-refractivity contribution is -0.139. The molecule has 1 fully saturated rings. The predicted molar refractivity (Wildman–Crippen MR) is 170 cm³/mol. The maximum atomic E-state index is 14.1. The Labute approximate surface area is 264 Å². The molecule has 1 aliphatic carbocycles. The fourth-order valence-corrected chi connectivity index (χ4v) is 7.06. The number of rotatable bonds is 12. The summed E-state index contributed by atoms with van der Waals surface area (Å²) in [4.78, 5) is 28.9. The highest BCUT2D eigenvalue weighted by Crippen LogP contribution is 2.29. The lowest BCUT2D eigenvalue weighted by Crippen LogP contribution is -2.53. The molecule has 0 saturated heterocycles. The first kappa shape index (κ1) is 32.6. The summed E-state index contributed by atoms with van der Waals surface area (Å²) in [5.74, 6) is -0.367. The number of halogens is 2. The molecule has 0 bridgehead atoms. The van der Waals surface area contributed by atoms with Gasteiger partial charge in [0.1, 0.15) is 18.3 Å². The topological polar surface area (TPSA) is 96.0 Å². The fourth-order valence-electron chi connectivity index (χ4n) is 5.13. The van der Waals surface area contributed by atoms with E-state index in [1.54, 1.807) is 67.6 Å². The molecule has 4 rings (SSSR count). The average Bonchev–Trinajstić information content (AvgIpc) is 3.00. The zero-order valence-corrected chi connectivity index (χ0v) is 26.7. The minimum atomic E-state index is -4.19. The zero-order chi connectivity index (χ0) is 31.0. The Balaban J connectivity index is 1.68. The zero-order valence-electron chi connectivity index (χ0n) is 24.3. The molecule has 1 aliphatic rings. The Bertz CT molecular complexity index is 1480. The van der Waals surface area contributed by atoms with Crippen LogP contribution in [-0.4, -0.2) is 50.4 Å². The molecule has 3 aromatic carbocycles. The minimum Gasteiger partial charge on any atom is -0.494 e. The second kappa shape index (κ2) is 14.9. The Morgan fingerprint density at radius 2 is 1.56 bits per heavy atom. The number of amides is 2. The number of hydrogen-bond donors (Lipinski definition) is 1. The van der Waals surface area contributed by atoms with E-state index < -0.39 is 28.5 Å². The summed E-state index contributed by atoms with van der Waals surface area (Å²) in [5, 5.41) is 3.76. The quantitative estimate of drug-likeness (QED) is 0.244. The predicted octanol–water partition coefficient (Wildman–Crippen LogP) is 6.45. The van der Waals surface area contributed by atoms with E-state index in [0.717, 1.165) is 36.4 Å². The molecular formula is C32H37Cl2N3O5S. The van der Waals surface area contributed by atoms with Crippen LogP contribution in [0, 0.1) is 0 Å². The minimum absolute atomic E-state index is 0.00334. The first-order valence-corrected chi connectivity index (χ1v) is 16.6. The maximum Gasteiger partial charge on any atom is 0.264 e. The number of sulfonamides is 1. The molecular weight excluding hydrogens is 609 g/mol. The lowest BCUT2D eigenvalue weighted by atomic mass is 9.95. The molecule has 8 nitrogen and oxygen atoms in total. The van der Waals surface area contributed by atoms with E-state index in [1.807, 2.05) is 6.92 Å². The summed E-state index contributed by atoms with van der Waals surface area (Å²) in [7, 11) is -4.19. The molecule has 0 radical (unpaired) electrons. The van der Waals surface area contributed by atoms with Gasteiger partial charge in [-0.1, -0.05) is 66.7 Å². The van der Waals surface area contributed by atoms with Gasteiger partial charge in [-0.2, -0.15) is 0 Å². The Hall–Kier alpha value is -3.27. The van der Waals surface area contributed by atoms with Gasteiger partial charge in [-0.05, 0) is 75.2 Å². The van der Waals surface area contributed by atoms with Gasteiger partial charge in [0.15, 0.2) is 0 Å². The number of benzene rings is 3. The Morgan fingerprint density at radius 1 is 0.930 bits per heavy atom. The second-order valence-corrected chi connectivity index (χ2v) is 13.2. The molecule has 1 saturated carbocycles. The van der Waals surface area contributed by atoms with E-state index in [-0.39, 0.29) is 23.4 Å². The van der Waals surface area contributed by atoms with Gasteiger partial charge in [0.05, 0.1) is 17.2 Å². The van der Waals surface area contributed by atoms with Crippen LogP contribution < -0.4 is 14.4 Å². The van der Waals surface area contributed by atoms with Crippen molar-refractivity contribution in [2.75, 3.05) is 17.5 Å². The highest BCUT2D eigenvalue weighted by molar-refractivity contribution is 7.92. The molecule has 2 amide bonds. The van der Waals surface area contributed by atoms with E-state index in [0.29, 0.717) is 33.7 Å². The number of carbonyl (C=O) groups excluding carboxylic acids is 2. The van der Waals surface area contributed by atoms with Crippen molar-refractivity contribution in [1.82, 2.24) is 10.2 Å². The highest BCUT2D eigenvalue weighted by atomic mass is 35.5. The van der Waals surface area contributed by atoms with Gasteiger partial charge < -0.3 is 15.0 Å². The summed E-state index contributed by atoms with van der Waals surface area (Å²) in [6.07, 6.45) is 4.96. The van der Waals surface area contributed by atoms with Crippen LogP contribution in [0.5, 0.6) is 5.75 Å². The van der Waals surface area contributed by atoms with Crippen LogP contribution in [0.4, 0.5) is 5.69 Å². The third-order valence-electron chi connectivity index (χ3n) is 7.55. The Morgan fingerprint density at radius 3 is 2.16 bits per heavy atom. The maximum absolute atomic E-state index is 14.1. The monoisotopic (exact) mass is 645 g/mol. The number of nitrogens with zero attached hydrogens (tertiary/aromatic N) is 2. The molecule has 1 atom stereocenters. The van der Waals surface area contributed by atoms with Crippen molar-refractivity contribution in [1.29, 1.82) is 0 Å². The van der Waals surface area contributed by atoms with Crippen molar-refractivity contribution in [3.05, 3.63) is 88.4 Å². The van der Waals surface area contributed by atoms with Crippen molar-refractivity contribution in [3.8, 4) is 5.75 Å². The average molecular weight is 647 g/mol. The van der Waals surface area contributed by atoms with Crippen molar-refractivity contribution in [2.45, 2.75) is 69.5 Å². The van der Waals surface area contributed by atoms with Gasteiger partial charge in [0.25, 0.3) is 10.0 Å². The number of anilines is 1. The third-order valence-corrected chi connectivity index (χ3v) is 10.1. The van der Waals surface area contributed by atoms with E-state index in [4.69, 9.17) is 27.9 Å². The molecule has 3 aromatic rings. The summed E-state index contributed by atoms with van der Waals surface area (Å²) < 4.78 is 34.5. The van der Waals surface area contributed by atoms with Crippen molar-refractivity contribution in [3.63, 3.8) is 0 Å². The molecule has 0 heterocycles. The molecule has 0 spiro atoms. The first-order valence-electron chi connectivity index (χ1n) is 14.4. The normalized spacial score (nSPS) is 14.5. The van der Waals surface area contributed by atoms with Crippen molar-refractivity contribution < 1.29 is 22.7 Å². The van der Waals surface area contributed by atoms with Crippen LogP contribution in [0.25, 0.3) is 0 Å². The molecule has 11 heteroatoms. The van der Waals surface area contributed by atoms with E-state index >= 15 is 0 Å². The fraction of sp³-hybridized carbons (Fsp3) is 0.375. The van der Waals surface area contributed by atoms with Gasteiger partial charge in [-0.3, -0.25) is 13.9 Å². The smallest absolute Gasteiger partial charge is 0.264 e. The van der Waals surface area contributed by atoms with Crippen LogP contribution >= 0.6 is 23.2 Å². The highest BCUT2D eigenvalue weighted by Gasteiger charge is 2.33. The van der Waals surface area contributed by atoms with E-state index in [2.05, 4.69) is 5.32 Å². The molecule has 1 N–H and O–H groups in total. The van der Waals surface area contributed by atoms with Gasteiger partial charge in [0, 0.05) is 28.2 Å². The summed E-state index contributed by atoms with van der Waals surface area (Å²) in [6.45, 7) is 3.28.